The molecule has 0 saturated carbocycles. The first-order valence-electron chi connectivity index (χ1n) is 6.79. The Morgan fingerprint density at radius 1 is 1.10 bits per heavy atom. The van der Waals surface area contributed by atoms with Crippen molar-refractivity contribution in [2.75, 3.05) is 19.5 Å². The van der Waals surface area contributed by atoms with Crippen molar-refractivity contribution < 1.29 is 4.74 Å². The fourth-order valence-corrected chi connectivity index (χ4v) is 2.70. The summed E-state index contributed by atoms with van der Waals surface area (Å²) in [4.78, 5) is 9.26. The second-order valence-electron chi connectivity index (χ2n) is 5.09. The number of aryl methyl sites for hydroxylation is 3. The van der Waals surface area contributed by atoms with Crippen LogP contribution in [0.3, 0.4) is 0 Å². The third-order valence-corrected chi connectivity index (χ3v) is 4.35. The van der Waals surface area contributed by atoms with Gasteiger partial charge in [0.25, 0.3) is 0 Å². The molecule has 0 bridgehead atoms. The highest BCUT2D eigenvalue weighted by molar-refractivity contribution is 9.10. The van der Waals surface area contributed by atoms with Gasteiger partial charge in [-0.1, -0.05) is 6.07 Å². The molecule has 2 aromatic rings. The van der Waals surface area contributed by atoms with Crippen LogP contribution in [0.15, 0.2) is 16.6 Å². The maximum Gasteiger partial charge on any atom is 0.162 e. The van der Waals surface area contributed by atoms with E-state index < -0.39 is 0 Å². The largest absolute Gasteiger partial charge is 0.378 e. The summed E-state index contributed by atoms with van der Waals surface area (Å²) in [6, 6.07) is 4.31. The minimum Gasteiger partial charge on any atom is -0.378 e. The molecule has 0 amide bonds. The molecule has 1 heterocycles. The number of ether oxygens (including phenoxy) is 1. The van der Waals surface area contributed by atoms with Gasteiger partial charge >= 0.3 is 0 Å². The van der Waals surface area contributed by atoms with Crippen LogP contribution in [0.2, 0.25) is 0 Å². The number of anilines is 1. The van der Waals surface area contributed by atoms with Gasteiger partial charge in [0.2, 0.25) is 0 Å². The number of benzene rings is 1. The molecule has 0 atom stereocenters. The van der Waals surface area contributed by atoms with E-state index in [-0.39, 0.29) is 0 Å². The van der Waals surface area contributed by atoms with Crippen molar-refractivity contribution in [1.29, 1.82) is 0 Å². The van der Waals surface area contributed by atoms with Crippen LogP contribution in [-0.2, 0) is 11.3 Å². The molecule has 0 unspecified atom stereocenters. The molecule has 0 radical (unpaired) electrons. The summed E-state index contributed by atoms with van der Waals surface area (Å²) < 4.78 is 6.07. The molecular formula is C16H20BrN3O. The van der Waals surface area contributed by atoms with E-state index in [1.165, 1.54) is 16.7 Å². The van der Waals surface area contributed by atoms with Gasteiger partial charge < -0.3 is 10.1 Å². The molecule has 0 aliphatic rings. The molecule has 21 heavy (non-hydrogen) atoms. The topological polar surface area (TPSA) is 47.0 Å². The summed E-state index contributed by atoms with van der Waals surface area (Å²) in [6.07, 6.45) is 0. The molecule has 0 aliphatic carbocycles. The van der Waals surface area contributed by atoms with Crippen molar-refractivity contribution >= 4 is 21.7 Å². The molecule has 0 saturated heterocycles. The van der Waals surface area contributed by atoms with Crippen LogP contribution in [0.4, 0.5) is 5.82 Å². The zero-order chi connectivity index (χ0) is 15.6. The predicted molar refractivity (Wildman–Crippen MR) is 89.6 cm³/mol. The molecule has 112 valence electrons. The predicted octanol–water partition coefficient (Wildman–Crippen LogP) is 4.02. The zero-order valence-electron chi connectivity index (χ0n) is 13.0. The van der Waals surface area contributed by atoms with Crippen LogP contribution in [0.5, 0.6) is 0 Å². The summed E-state index contributed by atoms with van der Waals surface area (Å²) in [6.45, 7) is 6.74. The number of hydrogen-bond donors (Lipinski definition) is 1. The lowest BCUT2D eigenvalue weighted by Gasteiger charge is -2.13. The lowest BCUT2D eigenvalue weighted by atomic mass is 10.0. The van der Waals surface area contributed by atoms with Crippen molar-refractivity contribution in [3.8, 4) is 11.4 Å². The van der Waals surface area contributed by atoms with E-state index in [9.17, 15) is 0 Å². The van der Waals surface area contributed by atoms with Gasteiger partial charge in [-0.3, -0.25) is 0 Å². The number of nitrogens with one attached hydrogen (secondary N) is 1. The van der Waals surface area contributed by atoms with Crippen LogP contribution in [-0.4, -0.2) is 24.1 Å². The van der Waals surface area contributed by atoms with E-state index in [1.807, 2.05) is 7.05 Å². The normalized spacial score (nSPS) is 10.8. The van der Waals surface area contributed by atoms with Gasteiger partial charge in [-0.05, 0) is 59.5 Å². The number of aromatic nitrogens is 2. The van der Waals surface area contributed by atoms with E-state index in [0.717, 1.165) is 27.4 Å². The minimum atomic E-state index is 0.439. The zero-order valence-corrected chi connectivity index (χ0v) is 14.6. The Hall–Kier alpha value is -1.46. The molecule has 1 aromatic carbocycles. The van der Waals surface area contributed by atoms with Gasteiger partial charge in [-0.15, -0.1) is 0 Å². The lowest BCUT2D eigenvalue weighted by Crippen LogP contribution is -2.05. The number of rotatable bonds is 4. The van der Waals surface area contributed by atoms with Gasteiger partial charge in [0.05, 0.1) is 16.8 Å². The Balaban J connectivity index is 2.63. The SMILES string of the molecule is CNc1nc(-c2cc(C)c(C)cc2C)nc(COC)c1Br. The average molecular weight is 350 g/mol. The van der Waals surface area contributed by atoms with Crippen LogP contribution >= 0.6 is 15.9 Å². The molecule has 0 aliphatic heterocycles. The highest BCUT2D eigenvalue weighted by atomic mass is 79.9. The van der Waals surface area contributed by atoms with E-state index >= 15 is 0 Å². The summed E-state index contributed by atoms with van der Waals surface area (Å²) >= 11 is 3.53. The second-order valence-corrected chi connectivity index (χ2v) is 5.88. The highest BCUT2D eigenvalue weighted by Crippen LogP contribution is 2.30. The van der Waals surface area contributed by atoms with Crippen LogP contribution in [0, 0.1) is 20.8 Å². The van der Waals surface area contributed by atoms with Gasteiger partial charge in [0, 0.05) is 19.7 Å². The standard InChI is InChI=1S/C16H20BrN3O/c1-9-6-11(3)12(7-10(9)2)15-19-13(8-21-5)14(17)16(18-4)20-15/h6-7H,8H2,1-5H3,(H,18,19,20). The first-order chi connectivity index (χ1) is 9.97. The number of nitrogens with zero attached hydrogens (tertiary/aromatic N) is 2. The van der Waals surface area contributed by atoms with Gasteiger partial charge in [-0.25, -0.2) is 9.97 Å². The summed E-state index contributed by atoms with van der Waals surface area (Å²) in [5, 5.41) is 3.10. The van der Waals surface area contributed by atoms with Crippen molar-refractivity contribution in [3.63, 3.8) is 0 Å². The average Bonchev–Trinajstić information content (AvgIpc) is 2.45. The van der Waals surface area contributed by atoms with E-state index in [4.69, 9.17) is 4.74 Å². The van der Waals surface area contributed by atoms with Gasteiger partial charge in [-0.2, -0.15) is 0 Å². The van der Waals surface area contributed by atoms with E-state index in [0.29, 0.717) is 6.61 Å². The lowest BCUT2D eigenvalue weighted by molar-refractivity contribution is 0.181. The van der Waals surface area contributed by atoms with E-state index in [2.05, 4.69) is 64.1 Å². The maximum atomic E-state index is 5.22. The first-order valence-corrected chi connectivity index (χ1v) is 7.58. The van der Waals surface area contributed by atoms with Crippen molar-refractivity contribution in [2.24, 2.45) is 0 Å². The molecule has 4 nitrogen and oxygen atoms in total. The van der Waals surface area contributed by atoms with Crippen molar-refractivity contribution in [2.45, 2.75) is 27.4 Å². The minimum absolute atomic E-state index is 0.439. The summed E-state index contributed by atoms with van der Waals surface area (Å²) in [7, 11) is 3.51. The smallest absolute Gasteiger partial charge is 0.162 e. The highest BCUT2D eigenvalue weighted by Gasteiger charge is 2.14. The quantitative estimate of drug-likeness (QED) is 0.905. The van der Waals surface area contributed by atoms with E-state index in [1.54, 1.807) is 7.11 Å². The molecule has 1 N–H and O–H groups in total. The number of halogens is 1. The molecule has 2 rings (SSSR count). The van der Waals surface area contributed by atoms with Crippen molar-refractivity contribution in [1.82, 2.24) is 9.97 Å². The van der Waals surface area contributed by atoms with Crippen molar-refractivity contribution in [3.05, 3.63) is 39.0 Å². The molecule has 5 heteroatoms. The Kier molecular flexibility index (Phi) is 4.96. The Labute approximate surface area is 134 Å². The first kappa shape index (κ1) is 15.9. The molecular weight excluding hydrogens is 330 g/mol. The summed E-state index contributed by atoms with van der Waals surface area (Å²) in [5.41, 5.74) is 5.58. The Morgan fingerprint density at radius 3 is 2.38 bits per heavy atom. The summed E-state index contributed by atoms with van der Waals surface area (Å²) in [5.74, 6) is 1.49. The Morgan fingerprint density at radius 2 is 1.76 bits per heavy atom. The number of methoxy groups -OCH3 is 1. The second kappa shape index (κ2) is 6.54. The molecule has 0 fully saturated rings. The molecule has 1 aromatic heterocycles. The van der Waals surface area contributed by atoms with Gasteiger partial charge in [0.15, 0.2) is 5.82 Å². The van der Waals surface area contributed by atoms with Crippen LogP contribution < -0.4 is 5.32 Å². The fourth-order valence-electron chi connectivity index (χ4n) is 2.21. The Bertz CT molecular complexity index is 671. The fraction of sp³-hybridized carbons (Fsp3) is 0.375. The van der Waals surface area contributed by atoms with Crippen LogP contribution in [0.1, 0.15) is 22.4 Å². The molecule has 0 spiro atoms. The monoisotopic (exact) mass is 349 g/mol. The van der Waals surface area contributed by atoms with Gasteiger partial charge in [0.1, 0.15) is 5.82 Å². The van der Waals surface area contributed by atoms with Crippen LogP contribution in [0.25, 0.3) is 11.4 Å². The number of hydrogen-bond acceptors (Lipinski definition) is 4. The third kappa shape index (κ3) is 3.24. The third-order valence-electron chi connectivity index (χ3n) is 3.52. The maximum absolute atomic E-state index is 5.22.